The van der Waals surface area contributed by atoms with Gasteiger partial charge in [-0.15, -0.1) is 0 Å². The molecule has 0 spiro atoms. The van der Waals surface area contributed by atoms with Gasteiger partial charge in [0.25, 0.3) is 0 Å². The van der Waals surface area contributed by atoms with Crippen LogP contribution in [-0.4, -0.2) is 14.5 Å². The molecule has 0 N–H and O–H groups in total. The fourth-order valence-corrected chi connectivity index (χ4v) is 2.55. The predicted molar refractivity (Wildman–Crippen MR) is 80.2 cm³/mol. The molecule has 4 nitrogen and oxygen atoms in total. The number of aryl methyl sites for hydroxylation is 1. The summed E-state index contributed by atoms with van der Waals surface area (Å²) in [6, 6.07) is 11.8. The number of imidazole rings is 1. The molecule has 20 heavy (non-hydrogen) atoms. The molecule has 0 fully saturated rings. The summed E-state index contributed by atoms with van der Waals surface area (Å²) < 4.78 is 2.94. The monoisotopic (exact) mass is 326 g/mol. The second-order valence-electron chi connectivity index (χ2n) is 4.51. The fourth-order valence-electron chi connectivity index (χ4n) is 2.23. The summed E-state index contributed by atoms with van der Waals surface area (Å²) in [6.07, 6.45) is 1.76. The molecule has 0 unspecified atom stereocenters. The number of fused-ring (bicyclic) bond motifs is 1. The van der Waals surface area contributed by atoms with Gasteiger partial charge in [-0.25, -0.2) is 9.97 Å². The molecule has 0 aliphatic rings. The van der Waals surface area contributed by atoms with Crippen LogP contribution in [0.4, 0.5) is 0 Å². The minimum absolute atomic E-state index is 0.598. The van der Waals surface area contributed by atoms with Gasteiger partial charge in [-0.3, -0.25) is 0 Å². The van der Waals surface area contributed by atoms with E-state index < -0.39 is 0 Å². The number of rotatable bonds is 2. The van der Waals surface area contributed by atoms with Crippen molar-refractivity contribution in [1.29, 1.82) is 5.26 Å². The van der Waals surface area contributed by atoms with Crippen molar-refractivity contribution in [2.45, 2.75) is 13.5 Å². The highest BCUT2D eigenvalue weighted by Crippen LogP contribution is 2.20. The van der Waals surface area contributed by atoms with Gasteiger partial charge in [-0.1, -0.05) is 18.2 Å². The third-order valence-electron chi connectivity index (χ3n) is 3.21. The Morgan fingerprint density at radius 1 is 1.35 bits per heavy atom. The Bertz CT molecular complexity index is 829. The molecular weight excluding hydrogens is 316 g/mol. The van der Waals surface area contributed by atoms with Gasteiger partial charge in [0.15, 0.2) is 5.65 Å². The maximum atomic E-state index is 9.17. The van der Waals surface area contributed by atoms with Crippen molar-refractivity contribution in [3.8, 4) is 6.07 Å². The summed E-state index contributed by atoms with van der Waals surface area (Å²) in [7, 11) is 0. The molecule has 0 atom stereocenters. The molecule has 0 radical (unpaired) electrons. The van der Waals surface area contributed by atoms with Crippen LogP contribution >= 0.6 is 15.9 Å². The van der Waals surface area contributed by atoms with E-state index in [2.05, 4.69) is 32.0 Å². The van der Waals surface area contributed by atoms with Crippen molar-refractivity contribution < 1.29 is 0 Å². The van der Waals surface area contributed by atoms with Crippen molar-refractivity contribution in [3.63, 3.8) is 0 Å². The fraction of sp³-hybridized carbons (Fsp3) is 0.133. The highest BCUT2D eigenvalue weighted by Gasteiger charge is 2.11. The quantitative estimate of drug-likeness (QED) is 0.725. The molecule has 3 aromatic rings. The average Bonchev–Trinajstić information content (AvgIpc) is 2.75. The first-order chi connectivity index (χ1) is 9.69. The van der Waals surface area contributed by atoms with E-state index in [0.717, 1.165) is 27.0 Å². The number of nitrogens with zero attached hydrogens (tertiary/aromatic N) is 4. The van der Waals surface area contributed by atoms with Crippen LogP contribution in [0.5, 0.6) is 0 Å². The molecule has 3 rings (SSSR count). The average molecular weight is 327 g/mol. The lowest BCUT2D eigenvalue weighted by Gasteiger charge is -2.07. The molecule has 0 saturated carbocycles. The smallest absolute Gasteiger partial charge is 0.160 e. The zero-order valence-electron chi connectivity index (χ0n) is 10.8. The number of aromatic nitrogens is 3. The summed E-state index contributed by atoms with van der Waals surface area (Å²) in [4.78, 5) is 8.94. The van der Waals surface area contributed by atoms with E-state index >= 15 is 0 Å². The van der Waals surface area contributed by atoms with Crippen LogP contribution < -0.4 is 0 Å². The summed E-state index contributed by atoms with van der Waals surface area (Å²) in [5, 5.41) is 9.17. The second-order valence-corrected chi connectivity index (χ2v) is 5.43. The van der Waals surface area contributed by atoms with Crippen LogP contribution in [0.1, 0.15) is 17.0 Å². The SMILES string of the molecule is Cc1nc2cc(Br)cnc2n1Cc1ccccc1C#N. The number of benzene rings is 1. The summed E-state index contributed by atoms with van der Waals surface area (Å²) in [6.45, 7) is 2.55. The maximum absolute atomic E-state index is 9.17. The van der Waals surface area contributed by atoms with E-state index in [1.165, 1.54) is 0 Å². The molecule has 0 amide bonds. The van der Waals surface area contributed by atoms with Gasteiger partial charge in [0.05, 0.1) is 18.2 Å². The summed E-state index contributed by atoms with van der Waals surface area (Å²) >= 11 is 3.40. The van der Waals surface area contributed by atoms with Gasteiger partial charge in [-0.05, 0) is 40.5 Å². The number of hydrogen-bond donors (Lipinski definition) is 0. The Kier molecular flexibility index (Phi) is 3.25. The molecule has 2 heterocycles. The molecule has 0 aliphatic heterocycles. The number of hydrogen-bond acceptors (Lipinski definition) is 3. The van der Waals surface area contributed by atoms with Crippen LogP contribution in [0.25, 0.3) is 11.2 Å². The topological polar surface area (TPSA) is 54.5 Å². The predicted octanol–water partition coefficient (Wildman–Crippen LogP) is 3.42. The lowest BCUT2D eigenvalue weighted by atomic mass is 10.1. The van der Waals surface area contributed by atoms with Gasteiger partial charge >= 0.3 is 0 Å². The van der Waals surface area contributed by atoms with Crippen LogP contribution in [-0.2, 0) is 6.54 Å². The Hall–Kier alpha value is -2.19. The molecule has 0 aliphatic carbocycles. The highest BCUT2D eigenvalue weighted by atomic mass is 79.9. The van der Waals surface area contributed by atoms with Crippen molar-refractivity contribution in [2.24, 2.45) is 0 Å². The minimum atomic E-state index is 0.598. The Morgan fingerprint density at radius 3 is 2.95 bits per heavy atom. The first-order valence-electron chi connectivity index (χ1n) is 6.15. The lowest BCUT2D eigenvalue weighted by Crippen LogP contribution is -2.04. The van der Waals surface area contributed by atoms with Crippen LogP contribution in [0.2, 0.25) is 0 Å². The number of nitriles is 1. The Balaban J connectivity index is 2.11. The second kappa shape index (κ2) is 5.06. The maximum Gasteiger partial charge on any atom is 0.160 e. The van der Waals surface area contributed by atoms with Gasteiger partial charge in [0.1, 0.15) is 11.3 Å². The minimum Gasteiger partial charge on any atom is -0.308 e. The number of pyridine rings is 1. The summed E-state index contributed by atoms with van der Waals surface area (Å²) in [5.41, 5.74) is 3.35. The number of halogens is 1. The zero-order chi connectivity index (χ0) is 14.1. The first-order valence-corrected chi connectivity index (χ1v) is 6.94. The van der Waals surface area contributed by atoms with Crippen molar-refractivity contribution in [2.75, 3.05) is 0 Å². The Labute approximate surface area is 124 Å². The molecule has 0 bridgehead atoms. The van der Waals surface area contributed by atoms with Gasteiger partial charge in [0.2, 0.25) is 0 Å². The van der Waals surface area contributed by atoms with Crippen molar-refractivity contribution >= 4 is 27.1 Å². The van der Waals surface area contributed by atoms with E-state index in [1.54, 1.807) is 6.20 Å². The van der Waals surface area contributed by atoms with Crippen molar-refractivity contribution in [3.05, 3.63) is 58.0 Å². The molecule has 5 heteroatoms. The largest absolute Gasteiger partial charge is 0.308 e. The third kappa shape index (κ3) is 2.19. The van der Waals surface area contributed by atoms with E-state index in [-0.39, 0.29) is 0 Å². The van der Waals surface area contributed by atoms with Gasteiger partial charge in [-0.2, -0.15) is 5.26 Å². The third-order valence-corrected chi connectivity index (χ3v) is 3.64. The normalized spacial score (nSPS) is 10.7. The van der Waals surface area contributed by atoms with Gasteiger partial charge < -0.3 is 4.57 Å². The standard InChI is InChI=1S/C15H11BrN4/c1-10-19-14-6-13(16)8-18-15(14)20(10)9-12-5-3-2-4-11(12)7-17/h2-6,8H,9H2,1H3. The van der Waals surface area contributed by atoms with Crippen LogP contribution in [0.15, 0.2) is 41.0 Å². The van der Waals surface area contributed by atoms with Gasteiger partial charge in [0, 0.05) is 10.7 Å². The van der Waals surface area contributed by atoms with Crippen molar-refractivity contribution in [1.82, 2.24) is 14.5 Å². The van der Waals surface area contributed by atoms with Crippen LogP contribution in [0.3, 0.4) is 0 Å². The summed E-state index contributed by atoms with van der Waals surface area (Å²) in [5.74, 6) is 0.887. The molecule has 0 saturated heterocycles. The molecule has 98 valence electrons. The lowest BCUT2D eigenvalue weighted by molar-refractivity contribution is 0.775. The van der Waals surface area contributed by atoms with E-state index in [0.29, 0.717) is 12.1 Å². The van der Waals surface area contributed by atoms with E-state index in [1.807, 2.05) is 41.8 Å². The van der Waals surface area contributed by atoms with E-state index in [4.69, 9.17) is 5.26 Å². The van der Waals surface area contributed by atoms with E-state index in [9.17, 15) is 0 Å². The first kappa shape index (κ1) is 12.8. The highest BCUT2D eigenvalue weighted by molar-refractivity contribution is 9.10. The Morgan fingerprint density at radius 2 is 2.15 bits per heavy atom. The molecular formula is C15H11BrN4. The zero-order valence-corrected chi connectivity index (χ0v) is 12.4. The molecule has 2 aromatic heterocycles. The van der Waals surface area contributed by atoms with Crippen LogP contribution in [0, 0.1) is 18.3 Å². The molecule has 1 aromatic carbocycles.